The highest BCUT2D eigenvalue weighted by Gasteiger charge is 2.06. The summed E-state index contributed by atoms with van der Waals surface area (Å²) in [6, 6.07) is 2.02. The minimum absolute atomic E-state index is 0.396. The predicted molar refractivity (Wildman–Crippen MR) is 62.4 cm³/mol. The number of nitrogens with zero attached hydrogens (tertiary/aromatic N) is 2. The van der Waals surface area contributed by atoms with Gasteiger partial charge in [0.1, 0.15) is 10.4 Å². The van der Waals surface area contributed by atoms with Gasteiger partial charge < -0.3 is 0 Å². The average molecular weight is 257 g/mol. The van der Waals surface area contributed by atoms with Crippen LogP contribution in [0.1, 0.15) is 51.0 Å². The van der Waals surface area contributed by atoms with Crippen molar-refractivity contribution in [3.8, 4) is 0 Å². The molecule has 0 spiro atoms. The minimum atomic E-state index is 0.396. The second kappa shape index (κ2) is 5.44. The number of rotatable bonds is 4. The van der Waals surface area contributed by atoms with Crippen LogP contribution >= 0.6 is 15.9 Å². The minimum Gasteiger partial charge on any atom is -0.238 e. The van der Waals surface area contributed by atoms with Crippen LogP contribution in [0.3, 0.4) is 0 Å². The van der Waals surface area contributed by atoms with Crippen molar-refractivity contribution in [1.82, 2.24) is 9.97 Å². The molecule has 0 N–H and O–H groups in total. The largest absolute Gasteiger partial charge is 0.238 e. The summed E-state index contributed by atoms with van der Waals surface area (Å²) in [7, 11) is 0. The molecule has 1 rings (SSSR count). The topological polar surface area (TPSA) is 25.8 Å². The van der Waals surface area contributed by atoms with E-state index in [1.54, 1.807) is 0 Å². The van der Waals surface area contributed by atoms with Gasteiger partial charge in [-0.05, 0) is 34.8 Å². The van der Waals surface area contributed by atoms with E-state index in [0.717, 1.165) is 22.5 Å². The second-order valence-corrected chi connectivity index (χ2v) is 4.61. The molecule has 3 heteroatoms. The highest BCUT2D eigenvalue weighted by Crippen LogP contribution is 2.15. The van der Waals surface area contributed by atoms with E-state index in [-0.39, 0.29) is 0 Å². The monoisotopic (exact) mass is 256 g/mol. The summed E-state index contributed by atoms with van der Waals surface area (Å²) < 4.78 is 0.905. The first-order chi connectivity index (χ1) is 6.63. The Kier molecular flexibility index (Phi) is 4.52. The van der Waals surface area contributed by atoms with Crippen LogP contribution in [-0.4, -0.2) is 9.97 Å². The summed E-state index contributed by atoms with van der Waals surface area (Å²) in [6.07, 6.45) is 3.46. The maximum Gasteiger partial charge on any atom is 0.132 e. The van der Waals surface area contributed by atoms with E-state index in [0.29, 0.717) is 5.92 Å². The molecule has 0 aliphatic carbocycles. The first-order valence-corrected chi connectivity index (χ1v) is 5.96. The van der Waals surface area contributed by atoms with Gasteiger partial charge in [0.25, 0.3) is 0 Å². The standard InChI is InChI=1S/C11H17BrN2/c1-4-5-6-9-7-10(12)14-11(13-9)8(2)3/h7-8H,4-6H2,1-3H3. The van der Waals surface area contributed by atoms with Crippen molar-refractivity contribution in [1.29, 1.82) is 0 Å². The molecule has 0 saturated heterocycles. The first-order valence-electron chi connectivity index (χ1n) is 5.16. The van der Waals surface area contributed by atoms with E-state index in [4.69, 9.17) is 0 Å². The zero-order valence-corrected chi connectivity index (χ0v) is 10.6. The highest BCUT2D eigenvalue weighted by atomic mass is 79.9. The maximum absolute atomic E-state index is 4.53. The second-order valence-electron chi connectivity index (χ2n) is 3.80. The van der Waals surface area contributed by atoms with Gasteiger partial charge in [-0.15, -0.1) is 0 Å². The van der Waals surface area contributed by atoms with Gasteiger partial charge in [-0.2, -0.15) is 0 Å². The van der Waals surface area contributed by atoms with Crippen LogP contribution in [0.4, 0.5) is 0 Å². The third-order valence-electron chi connectivity index (χ3n) is 2.07. The van der Waals surface area contributed by atoms with Gasteiger partial charge in [0.05, 0.1) is 0 Å². The molecule has 78 valence electrons. The molecule has 0 bridgehead atoms. The molecular weight excluding hydrogens is 240 g/mol. The van der Waals surface area contributed by atoms with Crippen LogP contribution in [0, 0.1) is 0 Å². The lowest BCUT2D eigenvalue weighted by atomic mass is 10.1. The Morgan fingerprint density at radius 2 is 2.07 bits per heavy atom. The molecule has 1 aromatic rings. The number of aromatic nitrogens is 2. The average Bonchev–Trinajstić information content (AvgIpc) is 2.14. The lowest BCUT2D eigenvalue weighted by Crippen LogP contribution is -2.01. The molecule has 14 heavy (non-hydrogen) atoms. The van der Waals surface area contributed by atoms with Crippen molar-refractivity contribution in [2.24, 2.45) is 0 Å². The summed E-state index contributed by atoms with van der Waals surface area (Å²) in [4.78, 5) is 8.88. The third-order valence-corrected chi connectivity index (χ3v) is 2.47. The quantitative estimate of drug-likeness (QED) is 0.768. The Bertz CT molecular complexity index is 297. The van der Waals surface area contributed by atoms with Crippen molar-refractivity contribution in [2.75, 3.05) is 0 Å². The summed E-state index contributed by atoms with van der Waals surface area (Å²) >= 11 is 3.42. The summed E-state index contributed by atoms with van der Waals surface area (Å²) in [5.74, 6) is 1.33. The van der Waals surface area contributed by atoms with Crippen molar-refractivity contribution in [2.45, 2.75) is 46.0 Å². The summed E-state index contributed by atoms with van der Waals surface area (Å²) in [5.41, 5.74) is 1.15. The van der Waals surface area contributed by atoms with Gasteiger partial charge in [-0.3, -0.25) is 0 Å². The summed E-state index contributed by atoms with van der Waals surface area (Å²) in [6.45, 7) is 6.43. The molecule has 0 unspecified atom stereocenters. The molecule has 0 aliphatic heterocycles. The predicted octanol–water partition coefficient (Wildman–Crippen LogP) is 3.71. The zero-order valence-electron chi connectivity index (χ0n) is 9.05. The normalized spacial score (nSPS) is 10.9. The fourth-order valence-corrected chi connectivity index (χ4v) is 1.67. The van der Waals surface area contributed by atoms with E-state index < -0.39 is 0 Å². The van der Waals surface area contributed by atoms with Gasteiger partial charge in [-0.1, -0.05) is 27.2 Å². The first kappa shape index (κ1) is 11.6. The Morgan fingerprint density at radius 3 is 2.64 bits per heavy atom. The van der Waals surface area contributed by atoms with Crippen molar-refractivity contribution >= 4 is 15.9 Å². The molecule has 0 aromatic carbocycles. The summed E-state index contributed by atoms with van der Waals surface area (Å²) in [5, 5.41) is 0. The lowest BCUT2D eigenvalue weighted by molar-refractivity contribution is 0.723. The SMILES string of the molecule is CCCCc1cc(Br)nc(C(C)C)n1. The van der Waals surface area contributed by atoms with Gasteiger partial charge in [0.15, 0.2) is 0 Å². The molecule has 0 fully saturated rings. The van der Waals surface area contributed by atoms with Crippen LogP contribution in [0.15, 0.2) is 10.7 Å². The van der Waals surface area contributed by atoms with Crippen molar-refractivity contribution < 1.29 is 0 Å². The Labute approximate surface area is 94.3 Å². The van der Waals surface area contributed by atoms with E-state index >= 15 is 0 Å². The van der Waals surface area contributed by atoms with Crippen LogP contribution < -0.4 is 0 Å². The molecule has 0 radical (unpaired) electrons. The number of aryl methyl sites for hydroxylation is 1. The molecule has 0 atom stereocenters. The van der Waals surface area contributed by atoms with Crippen LogP contribution in [0.5, 0.6) is 0 Å². The van der Waals surface area contributed by atoms with Crippen LogP contribution in [0.2, 0.25) is 0 Å². The zero-order chi connectivity index (χ0) is 10.6. The third kappa shape index (κ3) is 3.37. The molecular formula is C11H17BrN2. The molecule has 0 amide bonds. The van der Waals surface area contributed by atoms with E-state index in [9.17, 15) is 0 Å². The number of hydrogen-bond acceptors (Lipinski definition) is 2. The van der Waals surface area contributed by atoms with Crippen LogP contribution in [0.25, 0.3) is 0 Å². The Balaban J connectivity index is 2.84. The molecule has 0 aliphatic rings. The number of halogens is 1. The van der Waals surface area contributed by atoms with Gasteiger partial charge in [0, 0.05) is 11.6 Å². The molecule has 1 heterocycles. The van der Waals surface area contributed by atoms with E-state index in [2.05, 4.69) is 46.7 Å². The van der Waals surface area contributed by atoms with Gasteiger partial charge in [0.2, 0.25) is 0 Å². The van der Waals surface area contributed by atoms with E-state index in [1.165, 1.54) is 12.8 Å². The molecule has 1 aromatic heterocycles. The molecule has 2 nitrogen and oxygen atoms in total. The number of unbranched alkanes of at least 4 members (excludes halogenated alkanes) is 1. The van der Waals surface area contributed by atoms with Crippen molar-refractivity contribution in [3.05, 3.63) is 22.2 Å². The fourth-order valence-electron chi connectivity index (χ4n) is 1.23. The highest BCUT2D eigenvalue weighted by molar-refractivity contribution is 9.10. The number of hydrogen-bond donors (Lipinski definition) is 0. The maximum atomic E-state index is 4.53. The Hall–Kier alpha value is -0.440. The molecule has 0 saturated carbocycles. The van der Waals surface area contributed by atoms with E-state index in [1.807, 2.05) is 6.07 Å². The fraction of sp³-hybridized carbons (Fsp3) is 0.636. The van der Waals surface area contributed by atoms with Gasteiger partial charge in [-0.25, -0.2) is 9.97 Å². The van der Waals surface area contributed by atoms with Gasteiger partial charge >= 0.3 is 0 Å². The lowest BCUT2D eigenvalue weighted by Gasteiger charge is -2.06. The van der Waals surface area contributed by atoms with Crippen LogP contribution in [-0.2, 0) is 6.42 Å². The van der Waals surface area contributed by atoms with Crippen molar-refractivity contribution in [3.63, 3.8) is 0 Å². The Morgan fingerprint density at radius 1 is 1.36 bits per heavy atom. The smallest absolute Gasteiger partial charge is 0.132 e.